The molecule has 0 fully saturated rings. The van der Waals surface area contributed by atoms with E-state index in [9.17, 15) is 4.79 Å². The van der Waals surface area contributed by atoms with E-state index in [-0.39, 0.29) is 11.3 Å². The van der Waals surface area contributed by atoms with Gasteiger partial charge in [0.15, 0.2) is 0 Å². The highest BCUT2D eigenvalue weighted by molar-refractivity contribution is 6.60. The van der Waals surface area contributed by atoms with Crippen molar-refractivity contribution in [2.45, 2.75) is 58.0 Å². The summed E-state index contributed by atoms with van der Waals surface area (Å²) in [4.78, 5) is 13.4. The van der Waals surface area contributed by atoms with Crippen molar-refractivity contribution in [1.29, 1.82) is 0 Å². The summed E-state index contributed by atoms with van der Waals surface area (Å²) in [5.74, 6) is 0.0847. The van der Waals surface area contributed by atoms with Gasteiger partial charge in [-0.2, -0.15) is 0 Å². The number of carbonyl (C=O) groups excluding carboxylic acids is 1. The first kappa shape index (κ1) is 28.7. The summed E-state index contributed by atoms with van der Waals surface area (Å²) >= 11 is 0. The summed E-state index contributed by atoms with van der Waals surface area (Å²) in [6.45, 7) is 4.61. The summed E-state index contributed by atoms with van der Waals surface area (Å²) in [6.07, 6.45) is 4.77. The first-order valence-corrected chi connectivity index (χ1v) is 14.0. The highest BCUT2D eigenvalue weighted by Crippen LogP contribution is 2.36. The van der Waals surface area contributed by atoms with Crippen molar-refractivity contribution in [3.05, 3.63) is 0 Å². The lowest BCUT2D eigenvalue weighted by Crippen LogP contribution is -2.43. The van der Waals surface area contributed by atoms with Crippen LogP contribution < -0.4 is 0 Å². The molecule has 0 heterocycles. The molecule has 0 aliphatic heterocycles. The Bertz CT molecular complexity index is 417. The van der Waals surface area contributed by atoms with Gasteiger partial charge in [-0.3, -0.25) is 4.79 Å². The Labute approximate surface area is 179 Å². The number of hydrogen-bond acceptors (Lipinski definition) is 7. The Kier molecular flexibility index (Phi) is 13.7. The van der Waals surface area contributed by atoms with Gasteiger partial charge >= 0.3 is 17.6 Å². The first-order chi connectivity index (χ1) is 13.6. The molecule has 0 rings (SSSR count). The van der Waals surface area contributed by atoms with Crippen LogP contribution in [0.3, 0.4) is 0 Å². The molecule has 29 heavy (non-hydrogen) atoms. The van der Waals surface area contributed by atoms with Gasteiger partial charge in [-0.1, -0.05) is 6.92 Å². The predicted molar refractivity (Wildman–Crippen MR) is 118 cm³/mol. The fraction of sp³-hybridized carbons (Fsp3) is 0.947. The van der Waals surface area contributed by atoms with E-state index in [1.807, 2.05) is 7.05 Å². The van der Waals surface area contributed by atoms with E-state index in [1.165, 1.54) is 0 Å². The lowest BCUT2D eigenvalue weighted by Gasteiger charge is -2.34. The maximum absolute atomic E-state index is 11.6. The van der Waals surface area contributed by atoms with Crippen LogP contribution in [-0.4, -0.2) is 84.7 Å². The Balaban J connectivity index is 5.03. The molecule has 0 saturated heterocycles. The molecular weight excluding hydrogens is 410 g/mol. The molecule has 0 aromatic heterocycles. The predicted octanol–water partition coefficient (Wildman–Crippen LogP) is 3.18. The van der Waals surface area contributed by atoms with E-state index >= 15 is 0 Å². The maximum Gasteiger partial charge on any atom is 0.500 e. The number of rotatable bonds is 17. The molecule has 0 aliphatic carbocycles. The van der Waals surface area contributed by atoms with E-state index in [0.29, 0.717) is 0 Å². The maximum atomic E-state index is 11.6. The van der Waals surface area contributed by atoms with Crippen LogP contribution in [0.2, 0.25) is 12.1 Å². The van der Waals surface area contributed by atoms with Crippen molar-refractivity contribution in [2.75, 3.05) is 56.3 Å². The summed E-state index contributed by atoms with van der Waals surface area (Å²) < 4.78 is 33.3. The molecule has 174 valence electrons. The molecular formula is C19H43NO7Si2. The molecule has 0 N–H and O–H groups in total. The van der Waals surface area contributed by atoms with Gasteiger partial charge in [0.1, 0.15) is 0 Å². The zero-order valence-corrected chi connectivity index (χ0v) is 22.0. The van der Waals surface area contributed by atoms with Crippen molar-refractivity contribution >= 4 is 23.5 Å². The van der Waals surface area contributed by atoms with Gasteiger partial charge in [-0.25, -0.2) is 0 Å². The minimum absolute atomic E-state index is 0.0639. The second-order valence-corrected chi connectivity index (χ2v) is 14.0. The normalized spacial score (nSPS) is 13.0. The lowest BCUT2D eigenvalue weighted by atomic mass is 9.78. The summed E-state index contributed by atoms with van der Waals surface area (Å²) in [5.41, 5.74) is 0.0639. The highest BCUT2D eigenvalue weighted by Gasteiger charge is 2.40. The quantitative estimate of drug-likeness (QED) is 0.313. The average molecular weight is 454 g/mol. The molecule has 0 spiro atoms. The van der Waals surface area contributed by atoms with Crippen LogP contribution in [-0.2, 0) is 31.4 Å². The van der Waals surface area contributed by atoms with E-state index in [2.05, 4.69) is 6.92 Å². The topological polar surface area (TPSA) is 75.7 Å². The standard InChI is InChI=1S/C19H43NO7Si2/c1-18(21)20(3)15-14-19(2,12-10-16-28(22-4,23-5)24-6)13-11-17-29(25-7,26-8)27-9/h10-17H2,1-9H3. The van der Waals surface area contributed by atoms with Gasteiger partial charge < -0.3 is 31.5 Å². The average Bonchev–Trinajstić information content (AvgIpc) is 2.73. The molecule has 0 unspecified atom stereocenters. The molecule has 0 aliphatic rings. The third-order valence-corrected chi connectivity index (χ3v) is 11.6. The van der Waals surface area contributed by atoms with Crippen molar-refractivity contribution < 1.29 is 31.4 Å². The molecule has 0 radical (unpaired) electrons. The lowest BCUT2D eigenvalue weighted by molar-refractivity contribution is -0.127. The third kappa shape index (κ3) is 9.56. The van der Waals surface area contributed by atoms with E-state index in [4.69, 9.17) is 26.6 Å². The van der Waals surface area contributed by atoms with Gasteiger partial charge in [0.25, 0.3) is 0 Å². The van der Waals surface area contributed by atoms with Gasteiger partial charge in [0.2, 0.25) is 5.91 Å². The molecule has 0 atom stereocenters. The summed E-state index contributed by atoms with van der Waals surface area (Å²) in [6, 6.07) is 1.53. The zero-order valence-electron chi connectivity index (χ0n) is 20.0. The van der Waals surface area contributed by atoms with Gasteiger partial charge in [0.05, 0.1) is 0 Å². The molecule has 0 aromatic rings. The van der Waals surface area contributed by atoms with Gasteiger partial charge in [-0.05, 0) is 37.5 Å². The second-order valence-electron chi connectivity index (χ2n) is 7.80. The van der Waals surface area contributed by atoms with E-state index < -0.39 is 17.6 Å². The Morgan fingerprint density at radius 2 is 1.10 bits per heavy atom. The van der Waals surface area contributed by atoms with Crippen LogP contribution in [0.15, 0.2) is 0 Å². The molecule has 8 nitrogen and oxygen atoms in total. The van der Waals surface area contributed by atoms with Crippen LogP contribution in [0.4, 0.5) is 0 Å². The Hall–Kier alpha value is -0.336. The van der Waals surface area contributed by atoms with Crippen molar-refractivity contribution in [3.8, 4) is 0 Å². The minimum atomic E-state index is -2.58. The van der Waals surface area contributed by atoms with Gasteiger partial charge in [0, 0.05) is 75.3 Å². The molecule has 0 aromatic carbocycles. The van der Waals surface area contributed by atoms with E-state index in [1.54, 1.807) is 54.5 Å². The molecule has 10 heteroatoms. The van der Waals surface area contributed by atoms with Crippen LogP contribution in [0.5, 0.6) is 0 Å². The molecule has 0 bridgehead atoms. The number of nitrogens with zero attached hydrogens (tertiary/aromatic N) is 1. The van der Waals surface area contributed by atoms with Crippen LogP contribution in [0.1, 0.15) is 46.0 Å². The largest absolute Gasteiger partial charge is 0.500 e. The molecule has 1 amide bonds. The van der Waals surface area contributed by atoms with Crippen LogP contribution in [0, 0.1) is 5.41 Å². The van der Waals surface area contributed by atoms with Crippen molar-refractivity contribution in [1.82, 2.24) is 4.90 Å². The van der Waals surface area contributed by atoms with Crippen LogP contribution >= 0.6 is 0 Å². The monoisotopic (exact) mass is 453 g/mol. The third-order valence-electron chi connectivity index (χ3n) is 5.98. The fourth-order valence-electron chi connectivity index (χ4n) is 3.55. The van der Waals surface area contributed by atoms with E-state index in [0.717, 1.165) is 50.7 Å². The summed E-state index contributed by atoms with van der Waals surface area (Å²) in [5, 5.41) is 0. The second kappa shape index (κ2) is 13.9. The number of carbonyl (C=O) groups is 1. The van der Waals surface area contributed by atoms with Crippen LogP contribution in [0.25, 0.3) is 0 Å². The Morgan fingerprint density at radius 1 is 0.759 bits per heavy atom. The molecule has 0 saturated carbocycles. The first-order valence-electron chi connectivity index (χ1n) is 10.1. The van der Waals surface area contributed by atoms with Gasteiger partial charge in [-0.15, -0.1) is 0 Å². The van der Waals surface area contributed by atoms with Crippen molar-refractivity contribution in [2.24, 2.45) is 5.41 Å². The Morgan fingerprint density at radius 3 is 1.38 bits per heavy atom. The minimum Gasteiger partial charge on any atom is -0.377 e. The van der Waals surface area contributed by atoms with Crippen molar-refractivity contribution in [3.63, 3.8) is 0 Å². The zero-order chi connectivity index (χ0) is 22.6. The number of amides is 1. The highest BCUT2D eigenvalue weighted by atomic mass is 28.4. The smallest absolute Gasteiger partial charge is 0.377 e. The fourth-order valence-corrected chi connectivity index (χ4v) is 6.99. The SMILES string of the molecule is CO[Si](CCCC(C)(CCC[Si](OC)(OC)OC)CCN(C)C(C)=O)(OC)OC. The summed E-state index contributed by atoms with van der Waals surface area (Å²) in [7, 11) is 6.56. The number of hydrogen-bond donors (Lipinski definition) is 0.